The Labute approximate surface area is 110 Å². The van der Waals surface area contributed by atoms with Gasteiger partial charge in [-0.25, -0.2) is 0 Å². The van der Waals surface area contributed by atoms with Crippen molar-refractivity contribution in [3.63, 3.8) is 0 Å². The Morgan fingerprint density at radius 1 is 1.17 bits per heavy atom. The standard InChI is InChI=1S/C14H27NO3/c1-6-12(10(2)3)9-13(16)15(11(4)5)8-7-14(17)18/h10-12H,6-9H2,1-5H3,(H,17,18). The van der Waals surface area contributed by atoms with Gasteiger partial charge in [0.05, 0.1) is 6.42 Å². The number of hydrogen-bond acceptors (Lipinski definition) is 2. The van der Waals surface area contributed by atoms with Crippen molar-refractivity contribution in [3.05, 3.63) is 0 Å². The van der Waals surface area contributed by atoms with Crippen molar-refractivity contribution in [2.75, 3.05) is 6.54 Å². The van der Waals surface area contributed by atoms with Gasteiger partial charge in [-0.1, -0.05) is 27.2 Å². The molecule has 0 spiro atoms. The molecule has 1 atom stereocenters. The number of carboxylic acids is 1. The van der Waals surface area contributed by atoms with Crippen LogP contribution >= 0.6 is 0 Å². The maximum atomic E-state index is 12.2. The fourth-order valence-electron chi connectivity index (χ4n) is 2.08. The summed E-state index contributed by atoms with van der Waals surface area (Å²) in [5.74, 6) is 0.0761. The molecule has 0 saturated carbocycles. The number of carboxylic acid groups (broad SMARTS) is 1. The summed E-state index contributed by atoms with van der Waals surface area (Å²) in [5.41, 5.74) is 0. The van der Waals surface area contributed by atoms with E-state index in [1.165, 1.54) is 0 Å². The van der Waals surface area contributed by atoms with Gasteiger partial charge in [-0.3, -0.25) is 9.59 Å². The Morgan fingerprint density at radius 3 is 2.06 bits per heavy atom. The number of nitrogens with zero attached hydrogens (tertiary/aromatic N) is 1. The van der Waals surface area contributed by atoms with Crippen molar-refractivity contribution < 1.29 is 14.7 Å². The molecular weight excluding hydrogens is 230 g/mol. The first kappa shape index (κ1) is 16.9. The van der Waals surface area contributed by atoms with E-state index < -0.39 is 5.97 Å². The molecule has 1 N–H and O–H groups in total. The third-order valence-corrected chi connectivity index (χ3v) is 3.41. The minimum Gasteiger partial charge on any atom is -0.481 e. The quantitative estimate of drug-likeness (QED) is 0.727. The zero-order valence-electron chi connectivity index (χ0n) is 12.3. The average molecular weight is 257 g/mol. The van der Waals surface area contributed by atoms with Crippen molar-refractivity contribution in [1.82, 2.24) is 4.90 Å². The number of aliphatic carboxylic acids is 1. The number of hydrogen-bond donors (Lipinski definition) is 1. The highest BCUT2D eigenvalue weighted by molar-refractivity contribution is 5.77. The van der Waals surface area contributed by atoms with Crippen LogP contribution in [0.15, 0.2) is 0 Å². The molecule has 0 bridgehead atoms. The first-order chi connectivity index (χ1) is 8.29. The van der Waals surface area contributed by atoms with Crippen molar-refractivity contribution in [2.45, 2.75) is 59.9 Å². The van der Waals surface area contributed by atoms with E-state index in [-0.39, 0.29) is 18.4 Å². The van der Waals surface area contributed by atoms with Gasteiger partial charge in [0.1, 0.15) is 0 Å². The molecule has 0 rings (SSSR count). The lowest BCUT2D eigenvalue weighted by atomic mass is 9.89. The summed E-state index contributed by atoms with van der Waals surface area (Å²) in [5, 5.41) is 8.70. The Morgan fingerprint density at radius 2 is 1.72 bits per heavy atom. The minimum absolute atomic E-state index is 0.0163. The molecule has 1 unspecified atom stereocenters. The van der Waals surface area contributed by atoms with E-state index in [2.05, 4.69) is 20.8 Å². The summed E-state index contributed by atoms with van der Waals surface area (Å²) in [6.45, 7) is 10.5. The molecule has 0 aromatic heterocycles. The third-order valence-electron chi connectivity index (χ3n) is 3.41. The summed E-state index contributed by atoms with van der Waals surface area (Å²) in [6.07, 6.45) is 1.52. The maximum absolute atomic E-state index is 12.2. The second kappa shape index (κ2) is 8.11. The molecule has 4 heteroatoms. The lowest BCUT2D eigenvalue weighted by molar-refractivity contribution is -0.139. The van der Waals surface area contributed by atoms with Crippen LogP contribution in [-0.2, 0) is 9.59 Å². The summed E-state index contributed by atoms with van der Waals surface area (Å²) in [4.78, 5) is 24.5. The fourth-order valence-corrected chi connectivity index (χ4v) is 2.08. The molecular formula is C14H27NO3. The van der Waals surface area contributed by atoms with Gasteiger partial charge in [0, 0.05) is 19.0 Å². The van der Waals surface area contributed by atoms with Gasteiger partial charge in [0.25, 0.3) is 0 Å². The van der Waals surface area contributed by atoms with E-state index in [9.17, 15) is 9.59 Å². The van der Waals surface area contributed by atoms with Crippen LogP contribution in [0, 0.1) is 11.8 Å². The van der Waals surface area contributed by atoms with Crippen molar-refractivity contribution >= 4 is 11.9 Å². The molecule has 0 aromatic rings. The molecule has 1 amide bonds. The predicted molar refractivity (Wildman–Crippen MR) is 72.3 cm³/mol. The van der Waals surface area contributed by atoms with E-state index in [0.717, 1.165) is 6.42 Å². The van der Waals surface area contributed by atoms with E-state index >= 15 is 0 Å². The van der Waals surface area contributed by atoms with Gasteiger partial charge < -0.3 is 10.0 Å². The number of carbonyl (C=O) groups excluding carboxylic acids is 1. The Balaban J connectivity index is 4.51. The third kappa shape index (κ3) is 6.03. The van der Waals surface area contributed by atoms with Crippen LogP contribution < -0.4 is 0 Å². The Bertz CT molecular complexity index is 274. The molecule has 0 aromatic carbocycles. The zero-order valence-corrected chi connectivity index (χ0v) is 12.3. The molecule has 18 heavy (non-hydrogen) atoms. The molecule has 0 radical (unpaired) electrons. The largest absolute Gasteiger partial charge is 0.481 e. The summed E-state index contributed by atoms with van der Waals surface area (Å²) >= 11 is 0. The molecule has 4 nitrogen and oxygen atoms in total. The van der Waals surface area contributed by atoms with E-state index in [1.807, 2.05) is 13.8 Å². The molecule has 0 aliphatic carbocycles. The first-order valence-electron chi connectivity index (χ1n) is 6.80. The maximum Gasteiger partial charge on any atom is 0.305 e. The van der Waals surface area contributed by atoms with Gasteiger partial charge in [-0.05, 0) is 25.7 Å². The highest BCUT2D eigenvalue weighted by atomic mass is 16.4. The van der Waals surface area contributed by atoms with Crippen LogP contribution in [0.3, 0.4) is 0 Å². The number of carbonyl (C=O) groups is 2. The van der Waals surface area contributed by atoms with Gasteiger partial charge in [0.2, 0.25) is 5.91 Å². The number of rotatable bonds is 8. The summed E-state index contributed by atoms with van der Waals surface area (Å²) in [6, 6.07) is 0.0570. The van der Waals surface area contributed by atoms with E-state index in [1.54, 1.807) is 4.90 Å². The van der Waals surface area contributed by atoms with Crippen LogP contribution in [0.2, 0.25) is 0 Å². The highest BCUT2D eigenvalue weighted by Gasteiger charge is 2.22. The van der Waals surface area contributed by atoms with Gasteiger partial charge in [-0.2, -0.15) is 0 Å². The monoisotopic (exact) mass is 257 g/mol. The molecule has 0 fully saturated rings. The van der Waals surface area contributed by atoms with Crippen LogP contribution in [0.5, 0.6) is 0 Å². The fraction of sp³-hybridized carbons (Fsp3) is 0.857. The lowest BCUT2D eigenvalue weighted by Crippen LogP contribution is -2.39. The highest BCUT2D eigenvalue weighted by Crippen LogP contribution is 2.20. The Kier molecular flexibility index (Phi) is 7.64. The Hall–Kier alpha value is -1.06. The minimum atomic E-state index is -0.857. The van der Waals surface area contributed by atoms with Crippen LogP contribution in [0.25, 0.3) is 0 Å². The average Bonchev–Trinajstić information content (AvgIpc) is 2.24. The van der Waals surface area contributed by atoms with Gasteiger partial charge in [-0.15, -0.1) is 0 Å². The van der Waals surface area contributed by atoms with Crippen molar-refractivity contribution in [1.29, 1.82) is 0 Å². The van der Waals surface area contributed by atoms with E-state index in [4.69, 9.17) is 5.11 Å². The van der Waals surface area contributed by atoms with Gasteiger partial charge >= 0.3 is 5.97 Å². The molecule has 0 saturated heterocycles. The van der Waals surface area contributed by atoms with E-state index in [0.29, 0.717) is 24.8 Å². The normalized spacial score (nSPS) is 12.8. The molecule has 0 aliphatic heterocycles. The second-order valence-corrected chi connectivity index (χ2v) is 5.44. The molecule has 0 heterocycles. The smallest absolute Gasteiger partial charge is 0.305 e. The SMILES string of the molecule is CCC(CC(=O)N(CCC(=O)O)C(C)C)C(C)C. The summed E-state index contributed by atoms with van der Waals surface area (Å²) in [7, 11) is 0. The second-order valence-electron chi connectivity index (χ2n) is 5.44. The zero-order chi connectivity index (χ0) is 14.3. The molecule has 0 aliphatic rings. The topological polar surface area (TPSA) is 57.6 Å². The number of amides is 1. The van der Waals surface area contributed by atoms with Crippen molar-refractivity contribution in [3.8, 4) is 0 Å². The van der Waals surface area contributed by atoms with Crippen LogP contribution in [0.1, 0.15) is 53.9 Å². The predicted octanol–water partition coefficient (Wildman–Crippen LogP) is 2.77. The molecule has 106 valence electrons. The van der Waals surface area contributed by atoms with Crippen LogP contribution in [-0.4, -0.2) is 34.5 Å². The van der Waals surface area contributed by atoms with Crippen molar-refractivity contribution in [2.24, 2.45) is 11.8 Å². The summed E-state index contributed by atoms with van der Waals surface area (Å²) < 4.78 is 0. The first-order valence-corrected chi connectivity index (χ1v) is 6.80. The lowest BCUT2D eigenvalue weighted by Gasteiger charge is -2.29. The van der Waals surface area contributed by atoms with Crippen LogP contribution in [0.4, 0.5) is 0 Å². The van der Waals surface area contributed by atoms with Gasteiger partial charge in [0.15, 0.2) is 0 Å².